The molecule has 2 amide bonds. The number of hydroxylamine groups is 2. The number of alkyl halides is 3. The number of amides is 2. The molecule has 1 aliphatic rings. The molecule has 3 rings (SSSR count). The van der Waals surface area contributed by atoms with Crippen molar-refractivity contribution in [2.75, 3.05) is 0 Å². The molecular weight excluding hydrogens is 349 g/mol. The first-order valence-electron chi connectivity index (χ1n) is 7.97. The highest BCUT2D eigenvalue weighted by Gasteiger charge is 2.46. The number of rotatable bonds is 4. The fourth-order valence-corrected chi connectivity index (χ4v) is 3.07. The van der Waals surface area contributed by atoms with Gasteiger partial charge in [0.2, 0.25) is 0 Å². The van der Waals surface area contributed by atoms with Crippen LogP contribution in [0.25, 0.3) is 0 Å². The minimum Gasteiger partial charge on any atom is -0.457 e. The zero-order valence-corrected chi connectivity index (χ0v) is 13.7. The maximum Gasteiger partial charge on any atom is 0.416 e. The molecule has 0 aromatic heterocycles. The van der Waals surface area contributed by atoms with Crippen LogP contribution in [0.3, 0.4) is 0 Å². The fraction of sp³-hybridized carbons (Fsp3) is 0.278. The molecule has 2 aromatic rings. The Kier molecular flexibility index (Phi) is 4.53. The highest BCUT2D eigenvalue weighted by molar-refractivity contribution is 5.72. The second kappa shape index (κ2) is 6.53. The highest BCUT2D eigenvalue weighted by atomic mass is 19.4. The van der Waals surface area contributed by atoms with E-state index in [1.807, 2.05) is 0 Å². The fourth-order valence-electron chi connectivity index (χ4n) is 3.07. The Morgan fingerprint density at radius 3 is 2.27 bits per heavy atom. The molecule has 0 unspecified atom stereocenters. The van der Waals surface area contributed by atoms with Gasteiger partial charge in [0.25, 0.3) is 0 Å². The summed E-state index contributed by atoms with van der Waals surface area (Å²) in [6.45, 7) is 0. The van der Waals surface area contributed by atoms with Gasteiger partial charge in [-0.15, -0.1) is 0 Å². The predicted molar refractivity (Wildman–Crippen MR) is 86.7 cm³/mol. The molecule has 8 heteroatoms. The van der Waals surface area contributed by atoms with Gasteiger partial charge < -0.3 is 10.5 Å². The Morgan fingerprint density at radius 2 is 1.73 bits per heavy atom. The van der Waals surface area contributed by atoms with Crippen LogP contribution >= 0.6 is 0 Å². The van der Waals surface area contributed by atoms with Gasteiger partial charge in [-0.3, -0.25) is 5.21 Å². The van der Waals surface area contributed by atoms with Crippen LogP contribution < -0.4 is 10.5 Å². The van der Waals surface area contributed by atoms with Crippen LogP contribution in [-0.2, 0) is 11.7 Å². The summed E-state index contributed by atoms with van der Waals surface area (Å²) in [4.78, 5) is 11.4. The van der Waals surface area contributed by atoms with Crippen molar-refractivity contribution in [1.29, 1.82) is 0 Å². The van der Waals surface area contributed by atoms with Crippen LogP contribution in [-0.4, -0.2) is 16.3 Å². The maximum atomic E-state index is 12.8. The molecule has 0 aliphatic heterocycles. The monoisotopic (exact) mass is 366 g/mol. The number of benzene rings is 2. The average molecular weight is 366 g/mol. The number of primary amides is 1. The third kappa shape index (κ3) is 3.32. The Morgan fingerprint density at radius 1 is 1.12 bits per heavy atom. The minimum atomic E-state index is -4.46. The molecule has 5 nitrogen and oxygen atoms in total. The number of nitrogens with two attached hydrogens (primary N) is 1. The number of nitrogens with zero attached hydrogens (tertiary/aromatic N) is 1. The summed E-state index contributed by atoms with van der Waals surface area (Å²) in [6.07, 6.45) is -2.60. The third-order valence-electron chi connectivity index (χ3n) is 4.56. The maximum absolute atomic E-state index is 12.8. The molecule has 1 fully saturated rings. The third-order valence-corrected chi connectivity index (χ3v) is 4.56. The van der Waals surface area contributed by atoms with Crippen molar-refractivity contribution in [3.05, 3.63) is 59.7 Å². The van der Waals surface area contributed by atoms with Crippen LogP contribution in [0.2, 0.25) is 0 Å². The minimum absolute atomic E-state index is 0.0374. The van der Waals surface area contributed by atoms with Crippen molar-refractivity contribution in [2.24, 2.45) is 5.73 Å². The molecule has 0 heterocycles. The van der Waals surface area contributed by atoms with Gasteiger partial charge in [-0.05, 0) is 55.2 Å². The van der Waals surface area contributed by atoms with Crippen LogP contribution in [0.4, 0.5) is 18.0 Å². The largest absolute Gasteiger partial charge is 0.457 e. The summed E-state index contributed by atoms with van der Waals surface area (Å²) < 4.78 is 44.0. The molecule has 2 aromatic carbocycles. The predicted octanol–water partition coefficient (Wildman–Crippen LogP) is 4.65. The number of urea groups is 1. The van der Waals surface area contributed by atoms with Crippen molar-refractivity contribution in [1.82, 2.24) is 5.06 Å². The smallest absolute Gasteiger partial charge is 0.416 e. The molecule has 0 atom stereocenters. The summed E-state index contributed by atoms with van der Waals surface area (Å²) in [5.74, 6) is 0.335. The normalized spacial score (nSPS) is 15.8. The van der Waals surface area contributed by atoms with E-state index in [0.717, 1.165) is 18.6 Å². The van der Waals surface area contributed by atoms with E-state index >= 15 is 0 Å². The van der Waals surface area contributed by atoms with Gasteiger partial charge in [0.15, 0.2) is 0 Å². The van der Waals surface area contributed by atoms with Gasteiger partial charge in [0.05, 0.1) is 11.1 Å². The highest BCUT2D eigenvalue weighted by Crippen LogP contribution is 2.46. The summed E-state index contributed by atoms with van der Waals surface area (Å²) in [5, 5.41) is 10.6. The summed E-state index contributed by atoms with van der Waals surface area (Å²) in [7, 11) is 0. The van der Waals surface area contributed by atoms with Crippen molar-refractivity contribution < 1.29 is 27.9 Å². The van der Waals surface area contributed by atoms with Gasteiger partial charge in [-0.2, -0.15) is 18.2 Å². The van der Waals surface area contributed by atoms with E-state index in [4.69, 9.17) is 10.5 Å². The van der Waals surface area contributed by atoms with Crippen LogP contribution in [0.1, 0.15) is 30.4 Å². The van der Waals surface area contributed by atoms with E-state index in [0.29, 0.717) is 29.2 Å². The Bertz CT molecular complexity index is 819. The SMILES string of the molecule is NC(=O)N(O)C1(c2cccc(Oc3cccc(C(F)(F)F)c3)c2)CCC1. The Labute approximate surface area is 147 Å². The molecule has 1 saturated carbocycles. The van der Waals surface area contributed by atoms with Crippen molar-refractivity contribution in [3.8, 4) is 11.5 Å². The van der Waals surface area contributed by atoms with Crippen LogP contribution in [0.15, 0.2) is 48.5 Å². The summed E-state index contributed by atoms with van der Waals surface area (Å²) in [5.41, 5.74) is 4.05. The van der Waals surface area contributed by atoms with Gasteiger partial charge in [0.1, 0.15) is 11.5 Å². The standard InChI is InChI=1S/C18H17F3N2O3/c19-18(20,21)13-5-2-7-15(11-13)26-14-6-1-4-12(10-14)17(8-3-9-17)23(25)16(22)24/h1-2,4-7,10-11,25H,3,8-9H2,(H2,22,24). The zero-order valence-electron chi connectivity index (χ0n) is 13.7. The topological polar surface area (TPSA) is 75.8 Å². The first-order valence-corrected chi connectivity index (χ1v) is 7.97. The molecule has 0 bridgehead atoms. The van der Waals surface area contributed by atoms with E-state index < -0.39 is 23.3 Å². The second-order valence-electron chi connectivity index (χ2n) is 6.19. The lowest BCUT2D eigenvalue weighted by atomic mass is 9.71. The molecule has 0 spiro atoms. The van der Waals surface area contributed by atoms with Crippen molar-refractivity contribution >= 4 is 6.03 Å². The molecule has 0 radical (unpaired) electrons. The van der Waals surface area contributed by atoms with Crippen LogP contribution in [0, 0.1) is 0 Å². The van der Waals surface area contributed by atoms with Gasteiger partial charge >= 0.3 is 12.2 Å². The number of carbonyl (C=O) groups excluding carboxylic acids is 1. The van der Waals surface area contributed by atoms with E-state index in [-0.39, 0.29) is 5.75 Å². The first-order chi connectivity index (χ1) is 12.2. The van der Waals surface area contributed by atoms with Crippen molar-refractivity contribution in [3.63, 3.8) is 0 Å². The quantitative estimate of drug-likeness (QED) is 0.611. The molecular formula is C18H17F3N2O3. The number of hydrogen-bond acceptors (Lipinski definition) is 3. The van der Waals surface area contributed by atoms with Gasteiger partial charge in [-0.25, -0.2) is 4.79 Å². The summed E-state index contributed by atoms with van der Waals surface area (Å²) >= 11 is 0. The average Bonchev–Trinajstić information content (AvgIpc) is 2.53. The van der Waals surface area contributed by atoms with Gasteiger partial charge in [-0.1, -0.05) is 18.2 Å². The molecule has 26 heavy (non-hydrogen) atoms. The van der Waals surface area contributed by atoms with E-state index in [1.165, 1.54) is 12.1 Å². The summed E-state index contributed by atoms with van der Waals surface area (Å²) in [6, 6.07) is 10.1. The lowest BCUT2D eigenvalue weighted by Gasteiger charge is -2.46. The van der Waals surface area contributed by atoms with Crippen LogP contribution in [0.5, 0.6) is 11.5 Å². The number of halogens is 3. The molecule has 138 valence electrons. The lowest BCUT2D eigenvalue weighted by Crippen LogP contribution is -2.53. The van der Waals surface area contributed by atoms with E-state index in [9.17, 15) is 23.2 Å². The van der Waals surface area contributed by atoms with Gasteiger partial charge in [0, 0.05) is 0 Å². The number of carbonyl (C=O) groups is 1. The lowest BCUT2D eigenvalue weighted by molar-refractivity contribution is -0.159. The molecule has 1 aliphatic carbocycles. The molecule has 3 N–H and O–H groups in total. The van der Waals surface area contributed by atoms with Crippen molar-refractivity contribution in [2.45, 2.75) is 31.0 Å². The second-order valence-corrected chi connectivity index (χ2v) is 6.19. The van der Waals surface area contributed by atoms with E-state index in [1.54, 1.807) is 24.3 Å². The number of ether oxygens (including phenoxy) is 1. The Hall–Kier alpha value is -2.74. The molecule has 0 saturated heterocycles. The first kappa shape index (κ1) is 18.1. The van der Waals surface area contributed by atoms with E-state index in [2.05, 4.69) is 0 Å². The Balaban J connectivity index is 1.88. The zero-order chi connectivity index (χ0) is 18.9. The number of hydrogen-bond donors (Lipinski definition) is 2.